The minimum Gasteiger partial charge on any atom is -0.504 e. The van der Waals surface area contributed by atoms with E-state index in [0.29, 0.717) is 12.4 Å². The van der Waals surface area contributed by atoms with Gasteiger partial charge in [0, 0.05) is 5.56 Å². The first-order valence-corrected chi connectivity index (χ1v) is 5.41. The molecule has 0 atom stereocenters. The highest BCUT2D eigenvalue weighted by Gasteiger charge is 2.22. The highest BCUT2D eigenvalue weighted by Crippen LogP contribution is 2.31. The number of carbonyl (C=O) groups is 1. The molecule has 0 aromatic heterocycles. The molecule has 5 heteroatoms. The van der Waals surface area contributed by atoms with Gasteiger partial charge in [-0.05, 0) is 19.1 Å². The predicted octanol–water partition coefficient (Wildman–Crippen LogP) is 1.41. The van der Waals surface area contributed by atoms with E-state index >= 15 is 0 Å². The summed E-state index contributed by atoms with van der Waals surface area (Å²) in [6.07, 6.45) is -0.576. The van der Waals surface area contributed by atoms with Gasteiger partial charge in [-0.25, -0.2) is 0 Å². The molecule has 0 unspecified atom stereocenters. The molecular formula is C12H14O5. The van der Waals surface area contributed by atoms with Gasteiger partial charge < -0.3 is 19.3 Å². The van der Waals surface area contributed by atoms with Crippen molar-refractivity contribution in [1.82, 2.24) is 0 Å². The third kappa shape index (κ3) is 2.75. The zero-order valence-electron chi connectivity index (χ0n) is 9.51. The topological polar surface area (TPSA) is 65.0 Å². The summed E-state index contributed by atoms with van der Waals surface area (Å²) in [6.45, 7) is 2.39. The van der Waals surface area contributed by atoms with E-state index in [1.54, 1.807) is 12.1 Å². The molecule has 92 valence electrons. The first-order chi connectivity index (χ1) is 8.20. The van der Waals surface area contributed by atoms with Crippen LogP contribution in [-0.4, -0.2) is 30.7 Å². The molecule has 1 aliphatic rings. The van der Waals surface area contributed by atoms with E-state index in [2.05, 4.69) is 0 Å². The summed E-state index contributed by atoms with van der Waals surface area (Å²) >= 11 is 0. The molecule has 17 heavy (non-hydrogen) atoms. The summed E-state index contributed by atoms with van der Waals surface area (Å²) in [5.74, 6) is 0.377. The molecule has 1 aromatic rings. The maximum atomic E-state index is 10.9. The second-order valence-electron chi connectivity index (χ2n) is 3.65. The van der Waals surface area contributed by atoms with Crippen LogP contribution < -0.4 is 4.74 Å². The molecular weight excluding hydrogens is 224 g/mol. The van der Waals surface area contributed by atoms with Crippen LogP contribution in [0.25, 0.3) is 0 Å². The van der Waals surface area contributed by atoms with Crippen molar-refractivity contribution < 1.29 is 24.1 Å². The lowest BCUT2D eigenvalue weighted by Crippen LogP contribution is -2.26. The van der Waals surface area contributed by atoms with Gasteiger partial charge in [0.2, 0.25) is 0 Å². The number of hydrogen-bond acceptors (Lipinski definition) is 5. The summed E-state index contributed by atoms with van der Waals surface area (Å²) in [5, 5.41) is 9.55. The number of benzene rings is 1. The van der Waals surface area contributed by atoms with Gasteiger partial charge in [0.15, 0.2) is 23.6 Å². The van der Waals surface area contributed by atoms with Gasteiger partial charge in [0.05, 0.1) is 6.61 Å². The maximum absolute atomic E-state index is 10.9. The number of ether oxygens (including phenoxy) is 3. The lowest BCUT2D eigenvalue weighted by atomic mass is 10.2. The van der Waals surface area contributed by atoms with Crippen molar-refractivity contribution in [3.8, 4) is 11.5 Å². The van der Waals surface area contributed by atoms with Crippen molar-refractivity contribution >= 4 is 5.78 Å². The molecule has 1 heterocycles. The number of phenols is 1. The molecule has 1 fully saturated rings. The van der Waals surface area contributed by atoms with Gasteiger partial charge in [-0.2, -0.15) is 0 Å². The summed E-state index contributed by atoms with van der Waals surface area (Å²) in [5.41, 5.74) is 0.721. The lowest BCUT2D eigenvalue weighted by Gasteiger charge is -2.23. The van der Waals surface area contributed by atoms with Crippen molar-refractivity contribution in [3.63, 3.8) is 0 Å². The van der Waals surface area contributed by atoms with Crippen LogP contribution in [0, 0.1) is 0 Å². The van der Waals surface area contributed by atoms with Crippen LogP contribution >= 0.6 is 0 Å². The molecule has 0 radical (unpaired) electrons. The minimum atomic E-state index is -0.576. The zero-order valence-corrected chi connectivity index (χ0v) is 9.51. The van der Waals surface area contributed by atoms with Gasteiger partial charge in [0.25, 0.3) is 0 Å². The third-order valence-corrected chi connectivity index (χ3v) is 2.35. The van der Waals surface area contributed by atoms with E-state index in [9.17, 15) is 9.90 Å². The van der Waals surface area contributed by atoms with E-state index in [-0.39, 0.29) is 24.7 Å². The number of phenolic OH excluding ortho intramolecular Hbond substituents is 1. The highest BCUT2D eigenvalue weighted by molar-refractivity contribution is 5.81. The number of ketones is 1. The van der Waals surface area contributed by atoms with Crippen LogP contribution in [0.15, 0.2) is 18.2 Å². The van der Waals surface area contributed by atoms with Crippen LogP contribution in [0.1, 0.15) is 18.8 Å². The molecule has 1 saturated heterocycles. The number of aromatic hydroxyl groups is 1. The zero-order chi connectivity index (χ0) is 12.3. The lowest BCUT2D eigenvalue weighted by molar-refractivity contribution is -0.189. The number of carbonyl (C=O) groups excluding carboxylic acids is 1. The number of Topliss-reactive ketones (excluding diaryl/α,β-unsaturated/α-hetero) is 1. The fourth-order valence-electron chi connectivity index (χ4n) is 1.57. The predicted molar refractivity (Wildman–Crippen MR) is 58.9 cm³/mol. The molecule has 1 aromatic carbocycles. The maximum Gasteiger partial charge on any atom is 0.185 e. The Hall–Kier alpha value is -1.59. The standard InChI is InChI=1S/C12H14O5/c1-2-15-11-5-8(3-4-10(11)14)12-16-6-9(13)7-17-12/h3-5,12,14H,2,6-7H2,1H3. The Balaban J connectivity index is 2.15. The van der Waals surface area contributed by atoms with E-state index in [1.165, 1.54) is 6.07 Å². The molecule has 0 saturated carbocycles. The average Bonchev–Trinajstić information content (AvgIpc) is 2.33. The fraction of sp³-hybridized carbons (Fsp3) is 0.417. The van der Waals surface area contributed by atoms with Crippen molar-refractivity contribution in [2.45, 2.75) is 13.2 Å². The van der Waals surface area contributed by atoms with Gasteiger partial charge in [-0.3, -0.25) is 4.79 Å². The normalized spacial score (nSPS) is 17.1. The van der Waals surface area contributed by atoms with Gasteiger partial charge in [0.1, 0.15) is 13.2 Å². The highest BCUT2D eigenvalue weighted by atomic mass is 16.7. The average molecular weight is 238 g/mol. The van der Waals surface area contributed by atoms with Crippen LogP contribution in [0.2, 0.25) is 0 Å². The van der Waals surface area contributed by atoms with E-state index in [1.807, 2.05) is 6.92 Å². The van der Waals surface area contributed by atoms with Crippen molar-refractivity contribution in [1.29, 1.82) is 0 Å². The second kappa shape index (κ2) is 5.16. The van der Waals surface area contributed by atoms with Crippen LogP contribution in [0.5, 0.6) is 11.5 Å². The Morgan fingerprint density at radius 2 is 2.12 bits per heavy atom. The number of hydrogen-bond donors (Lipinski definition) is 1. The molecule has 1 aliphatic heterocycles. The van der Waals surface area contributed by atoms with Gasteiger partial charge >= 0.3 is 0 Å². The Labute approximate surface area is 98.9 Å². The minimum absolute atomic E-state index is 0.0511. The van der Waals surface area contributed by atoms with Gasteiger partial charge in [-0.1, -0.05) is 6.07 Å². The van der Waals surface area contributed by atoms with Crippen LogP contribution in [0.3, 0.4) is 0 Å². The fourth-order valence-corrected chi connectivity index (χ4v) is 1.57. The largest absolute Gasteiger partial charge is 0.504 e. The SMILES string of the molecule is CCOc1cc(C2OCC(=O)CO2)ccc1O. The molecule has 2 rings (SSSR count). The Kier molecular flexibility index (Phi) is 3.61. The monoisotopic (exact) mass is 238 g/mol. The molecule has 0 aliphatic carbocycles. The van der Waals surface area contributed by atoms with Gasteiger partial charge in [-0.15, -0.1) is 0 Å². The smallest absolute Gasteiger partial charge is 0.185 e. The Bertz CT molecular complexity index is 405. The first-order valence-electron chi connectivity index (χ1n) is 5.41. The molecule has 0 spiro atoms. The molecule has 0 amide bonds. The first kappa shape index (κ1) is 11.9. The molecule has 0 bridgehead atoms. The Morgan fingerprint density at radius 3 is 2.76 bits per heavy atom. The summed E-state index contributed by atoms with van der Waals surface area (Å²) in [7, 11) is 0. The summed E-state index contributed by atoms with van der Waals surface area (Å²) in [4.78, 5) is 10.9. The van der Waals surface area contributed by atoms with Crippen LogP contribution in [-0.2, 0) is 14.3 Å². The third-order valence-electron chi connectivity index (χ3n) is 2.35. The molecule has 1 N–H and O–H groups in total. The van der Waals surface area contributed by atoms with Crippen molar-refractivity contribution in [2.24, 2.45) is 0 Å². The van der Waals surface area contributed by atoms with Crippen molar-refractivity contribution in [2.75, 3.05) is 19.8 Å². The quantitative estimate of drug-likeness (QED) is 0.862. The summed E-state index contributed by atoms with van der Waals surface area (Å²) in [6, 6.07) is 4.85. The number of rotatable bonds is 3. The van der Waals surface area contributed by atoms with E-state index in [0.717, 1.165) is 5.56 Å². The molecule has 5 nitrogen and oxygen atoms in total. The Morgan fingerprint density at radius 1 is 1.41 bits per heavy atom. The van der Waals surface area contributed by atoms with Crippen molar-refractivity contribution in [3.05, 3.63) is 23.8 Å². The van der Waals surface area contributed by atoms with E-state index < -0.39 is 6.29 Å². The summed E-state index contributed by atoms with van der Waals surface area (Å²) < 4.78 is 15.7. The van der Waals surface area contributed by atoms with E-state index in [4.69, 9.17) is 14.2 Å². The van der Waals surface area contributed by atoms with Crippen LogP contribution in [0.4, 0.5) is 0 Å². The second-order valence-corrected chi connectivity index (χ2v) is 3.65.